The highest BCUT2D eigenvalue weighted by Gasteiger charge is 2.27. The molecule has 1 atom stereocenters. The summed E-state index contributed by atoms with van der Waals surface area (Å²) in [7, 11) is -3.67. The molecule has 0 bridgehead atoms. The average Bonchev–Trinajstić information content (AvgIpc) is 3.56. The van der Waals surface area contributed by atoms with Crippen LogP contribution in [-0.4, -0.2) is 56.5 Å². The first-order chi connectivity index (χ1) is 16.5. The van der Waals surface area contributed by atoms with E-state index in [9.17, 15) is 13.2 Å². The Labute approximate surface area is 202 Å². The van der Waals surface area contributed by atoms with Crippen molar-refractivity contribution in [2.24, 2.45) is 0 Å². The molecule has 9 heteroatoms. The van der Waals surface area contributed by atoms with E-state index >= 15 is 0 Å². The zero-order chi connectivity index (χ0) is 23.5. The molecule has 0 unspecified atom stereocenters. The lowest BCUT2D eigenvalue weighted by Crippen LogP contribution is -2.40. The lowest BCUT2D eigenvalue weighted by molar-refractivity contribution is 0.0730. The van der Waals surface area contributed by atoms with Gasteiger partial charge in [-0.1, -0.05) is 30.3 Å². The number of amides is 1. The van der Waals surface area contributed by atoms with Gasteiger partial charge in [-0.25, -0.2) is 8.42 Å². The van der Waals surface area contributed by atoms with Crippen LogP contribution in [0.2, 0.25) is 0 Å². The Hall–Kier alpha value is -2.98. The second-order valence-electron chi connectivity index (χ2n) is 8.11. The molecule has 2 N–H and O–H groups in total. The van der Waals surface area contributed by atoms with Gasteiger partial charge in [0.25, 0.3) is 5.91 Å². The molecule has 1 aliphatic rings. The molecule has 7 nitrogen and oxygen atoms in total. The Balaban J connectivity index is 1.37. The summed E-state index contributed by atoms with van der Waals surface area (Å²) < 4.78 is 32.7. The highest BCUT2D eigenvalue weighted by molar-refractivity contribution is 7.89. The summed E-state index contributed by atoms with van der Waals surface area (Å²) in [5.74, 6) is -0.333. The number of aromatic amines is 1. The van der Waals surface area contributed by atoms with Gasteiger partial charge in [0.05, 0.1) is 18.1 Å². The largest absolute Gasteiger partial charge is 0.379 e. The third-order valence-electron chi connectivity index (χ3n) is 6.05. The van der Waals surface area contributed by atoms with E-state index in [0.29, 0.717) is 38.4 Å². The Kier molecular flexibility index (Phi) is 6.51. The lowest BCUT2D eigenvalue weighted by Gasteiger charge is -2.26. The van der Waals surface area contributed by atoms with E-state index in [1.807, 2.05) is 35.8 Å². The van der Waals surface area contributed by atoms with Crippen molar-refractivity contribution < 1.29 is 17.9 Å². The number of nitrogens with one attached hydrogen (secondary N) is 2. The Morgan fingerprint density at radius 2 is 1.91 bits per heavy atom. The topological polar surface area (TPSA) is 91.5 Å². The Bertz CT molecular complexity index is 1390. The van der Waals surface area contributed by atoms with Gasteiger partial charge in [0.15, 0.2) is 0 Å². The molecule has 4 aromatic rings. The summed E-state index contributed by atoms with van der Waals surface area (Å²) >= 11 is 1.65. The number of carbonyl (C=O) groups is 1. The molecule has 2 aromatic carbocycles. The first-order valence-electron chi connectivity index (χ1n) is 11.1. The van der Waals surface area contributed by atoms with Crippen molar-refractivity contribution in [2.75, 3.05) is 32.8 Å². The number of morpholine rings is 1. The van der Waals surface area contributed by atoms with Gasteiger partial charge >= 0.3 is 0 Å². The summed E-state index contributed by atoms with van der Waals surface area (Å²) in [6.07, 6.45) is 2.00. The smallest absolute Gasteiger partial charge is 0.251 e. The minimum Gasteiger partial charge on any atom is -0.379 e. The molecule has 0 spiro atoms. The van der Waals surface area contributed by atoms with Crippen LogP contribution < -0.4 is 5.32 Å². The number of rotatable bonds is 7. The van der Waals surface area contributed by atoms with Crippen molar-refractivity contribution in [3.8, 4) is 0 Å². The fraction of sp³-hybridized carbons (Fsp3) is 0.240. The van der Waals surface area contributed by atoms with Crippen LogP contribution >= 0.6 is 11.3 Å². The predicted molar refractivity (Wildman–Crippen MR) is 133 cm³/mol. The number of H-pyrrole nitrogens is 1. The summed E-state index contributed by atoms with van der Waals surface area (Å²) in [5.41, 5.74) is 2.48. The maximum Gasteiger partial charge on any atom is 0.251 e. The number of sulfonamides is 1. The summed E-state index contributed by atoms with van der Waals surface area (Å²) in [6, 6.07) is 18.4. The van der Waals surface area contributed by atoms with Gasteiger partial charge in [0, 0.05) is 53.1 Å². The fourth-order valence-electron chi connectivity index (χ4n) is 4.27. The Morgan fingerprint density at radius 1 is 1.09 bits per heavy atom. The molecule has 176 valence electrons. The van der Waals surface area contributed by atoms with Crippen molar-refractivity contribution in [3.05, 3.63) is 88.2 Å². The molecule has 0 saturated carbocycles. The van der Waals surface area contributed by atoms with Gasteiger partial charge in [-0.3, -0.25) is 4.79 Å². The predicted octanol–water partition coefficient (Wildman–Crippen LogP) is 3.81. The van der Waals surface area contributed by atoms with Gasteiger partial charge in [-0.05, 0) is 41.3 Å². The van der Waals surface area contributed by atoms with E-state index in [1.54, 1.807) is 23.5 Å². The minimum atomic E-state index is -3.67. The molecule has 1 aliphatic heterocycles. The van der Waals surface area contributed by atoms with Crippen molar-refractivity contribution >= 4 is 38.2 Å². The van der Waals surface area contributed by atoms with Crippen LogP contribution in [0.4, 0.5) is 0 Å². The summed E-state index contributed by atoms with van der Waals surface area (Å²) in [4.78, 5) is 17.6. The first kappa shape index (κ1) is 22.8. The van der Waals surface area contributed by atoms with Crippen LogP contribution in [0.1, 0.15) is 26.7 Å². The third kappa shape index (κ3) is 4.52. The van der Waals surface area contributed by atoms with Gasteiger partial charge < -0.3 is 15.0 Å². The monoisotopic (exact) mass is 495 g/mol. The number of hydrogen-bond acceptors (Lipinski definition) is 5. The number of ether oxygens (including phenoxy) is 1. The lowest BCUT2D eigenvalue weighted by atomic mass is 9.96. The van der Waals surface area contributed by atoms with Crippen molar-refractivity contribution in [1.82, 2.24) is 14.6 Å². The highest BCUT2D eigenvalue weighted by atomic mass is 32.2. The van der Waals surface area contributed by atoms with Crippen molar-refractivity contribution in [1.29, 1.82) is 0 Å². The van der Waals surface area contributed by atoms with Crippen LogP contribution in [-0.2, 0) is 14.8 Å². The van der Waals surface area contributed by atoms with E-state index in [1.165, 1.54) is 16.4 Å². The quantitative estimate of drug-likeness (QED) is 0.408. The number of benzene rings is 2. The van der Waals surface area contributed by atoms with Crippen LogP contribution in [0.25, 0.3) is 10.9 Å². The number of nitrogens with zero attached hydrogens (tertiary/aromatic N) is 1. The zero-order valence-electron chi connectivity index (χ0n) is 18.4. The van der Waals surface area contributed by atoms with Gasteiger partial charge in [-0.2, -0.15) is 4.31 Å². The van der Waals surface area contributed by atoms with E-state index in [0.717, 1.165) is 21.3 Å². The minimum absolute atomic E-state index is 0.0274. The van der Waals surface area contributed by atoms with E-state index in [4.69, 9.17) is 4.74 Å². The molecule has 1 saturated heterocycles. The Morgan fingerprint density at radius 3 is 2.71 bits per heavy atom. The molecule has 0 aliphatic carbocycles. The fourth-order valence-corrected chi connectivity index (χ4v) is 6.57. The molecule has 34 heavy (non-hydrogen) atoms. The standard InChI is InChI=1S/C25H25N3O4S2/c29-25(18-5-3-6-19(15-18)34(30,31)28-10-12-32-13-11-28)27-17-22(24-9-4-14-33-24)21-16-26-23-8-2-1-7-20(21)23/h1-9,14-16,22,26H,10-13,17H2,(H,27,29)/t22-/m0/s1. The van der Waals surface area contributed by atoms with Crippen LogP contribution in [0, 0.1) is 0 Å². The number of hydrogen-bond donors (Lipinski definition) is 2. The second kappa shape index (κ2) is 9.71. The molecule has 1 amide bonds. The number of fused-ring (bicyclic) bond motifs is 1. The number of thiophene rings is 1. The third-order valence-corrected chi connectivity index (χ3v) is 8.93. The molecular formula is C25H25N3O4S2. The van der Waals surface area contributed by atoms with Gasteiger partial charge in [0.2, 0.25) is 10.0 Å². The van der Waals surface area contributed by atoms with Gasteiger partial charge in [0.1, 0.15) is 0 Å². The van der Waals surface area contributed by atoms with Crippen LogP contribution in [0.15, 0.2) is 77.1 Å². The second-order valence-corrected chi connectivity index (χ2v) is 11.0. The summed E-state index contributed by atoms with van der Waals surface area (Å²) in [6.45, 7) is 1.76. The zero-order valence-corrected chi connectivity index (χ0v) is 20.1. The van der Waals surface area contributed by atoms with Crippen molar-refractivity contribution in [3.63, 3.8) is 0 Å². The number of para-hydroxylation sites is 1. The molecule has 5 rings (SSSR count). The maximum absolute atomic E-state index is 13.1. The van der Waals surface area contributed by atoms with Crippen LogP contribution in [0.3, 0.4) is 0 Å². The molecular weight excluding hydrogens is 470 g/mol. The summed E-state index contributed by atoms with van der Waals surface area (Å²) in [5, 5.41) is 6.17. The molecule has 2 aromatic heterocycles. The molecule has 0 radical (unpaired) electrons. The van der Waals surface area contributed by atoms with Crippen molar-refractivity contribution in [2.45, 2.75) is 10.8 Å². The molecule has 1 fully saturated rings. The number of carbonyl (C=O) groups excluding carboxylic acids is 1. The van der Waals surface area contributed by atoms with E-state index < -0.39 is 10.0 Å². The van der Waals surface area contributed by atoms with Crippen LogP contribution in [0.5, 0.6) is 0 Å². The average molecular weight is 496 g/mol. The van der Waals surface area contributed by atoms with E-state index in [-0.39, 0.29) is 16.7 Å². The normalized spacial score (nSPS) is 15.9. The maximum atomic E-state index is 13.1. The number of aromatic nitrogens is 1. The van der Waals surface area contributed by atoms with E-state index in [2.05, 4.69) is 22.4 Å². The molecule has 3 heterocycles. The SMILES string of the molecule is O=C(NC[C@H](c1cccs1)c1c[nH]c2ccccc12)c1cccc(S(=O)(=O)N2CCOCC2)c1. The van der Waals surface area contributed by atoms with Gasteiger partial charge in [-0.15, -0.1) is 11.3 Å². The highest BCUT2D eigenvalue weighted by Crippen LogP contribution is 2.33. The first-order valence-corrected chi connectivity index (χ1v) is 13.4.